The molecule has 0 saturated heterocycles. The van der Waals surface area contributed by atoms with E-state index in [9.17, 15) is 27.9 Å². The van der Waals surface area contributed by atoms with Crippen molar-refractivity contribution >= 4 is 17.5 Å². The molecule has 2 N–H and O–H groups in total. The summed E-state index contributed by atoms with van der Waals surface area (Å²) in [5.41, 5.74) is -1.15. The molecule has 7 nitrogen and oxygen atoms in total. The number of imidazole rings is 1. The number of carboxylic acids is 1. The second-order valence-corrected chi connectivity index (χ2v) is 6.54. The van der Waals surface area contributed by atoms with E-state index < -0.39 is 41.2 Å². The van der Waals surface area contributed by atoms with Crippen LogP contribution in [0.25, 0.3) is 16.8 Å². The first kappa shape index (κ1) is 19.5. The van der Waals surface area contributed by atoms with Crippen LogP contribution < -0.4 is 5.32 Å². The number of aromatic nitrogens is 2. The van der Waals surface area contributed by atoms with E-state index in [1.165, 1.54) is 24.8 Å². The number of carbonyl (C=O) groups excluding carboxylic acids is 1. The average Bonchev–Trinajstić information content (AvgIpc) is 3.25. The zero-order valence-electron chi connectivity index (χ0n) is 14.8. The van der Waals surface area contributed by atoms with Crippen molar-refractivity contribution in [1.82, 2.24) is 14.7 Å². The lowest BCUT2D eigenvalue weighted by atomic mass is 10.0. The molecule has 1 unspecified atom stereocenters. The number of rotatable bonds is 5. The number of pyridine rings is 1. The molecule has 1 atom stereocenters. The molecular weight excluding hydrogens is 379 g/mol. The number of halogens is 3. The fourth-order valence-corrected chi connectivity index (χ4v) is 2.73. The Morgan fingerprint density at radius 2 is 1.96 bits per heavy atom. The highest BCUT2D eigenvalue weighted by Crippen LogP contribution is 2.35. The maximum absolute atomic E-state index is 13.5. The predicted octanol–water partition coefficient (Wildman–Crippen LogP) is 3.45. The van der Waals surface area contributed by atoms with E-state index in [0.717, 1.165) is 16.7 Å². The SMILES string of the molecule is CC(C)C(NC(=O)c1cn2cc(-c3ccoc3)cc(C(F)(F)F)c2n1)C(=O)O. The highest BCUT2D eigenvalue weighted by molar-refractivity contribution is 5.95. The molecule has 1 amide bonds. The normalized spacial score (nSPS) is 13.1. The van der Waals surface area contributed by atoms with Gasteiger partial charge in [-0.15, -0.1) is 0 Å². The lowest BCUT2D eigenvalue weighted by Gasteiger charge is -2.16. The summed E-state index contributed by atoms with van der Waals surface area (Å²) in [7, 11) is 0. The first-order valence-corrected chi connectivity index (χ1v) is 8.24. The molecular formula is C18H16F3N3O4. The van der Waals surface area contributed by atoms with Crippen LogP contribution in [0.2, 0.25) is 0 Å². The number of alkyl halides is 3. The third-order valence-corrected chi connectivity index (χ3v) is 4.16. The first-order chi connectivity index (χ1) is 13.1. The summed E-state index contributed by atoms with van der Waals surface area (Å²) in [6.07, 6.45) is 0.435. The summed E-state index contributed by atoms with van der Waals surface area (Å²) in [5.74, 6) is -2.54. The molecule has 0 aliphatic rings. The number of nitrogens with zero attached hydrogens (tertiary/aromatic N) is 2. The minimum atomic E-state index is -4.71. The van der Waals surface area contributed by atoms with Gasteiger partial charge in [0.2, 0.25) is 0 Å². The zero-order valence-corrected chi connectivity index (χ0v) is 14.8. The minimum Gasteiger partial charge on any atom is -0.480 e. The number of aliphatic carboxylic acids is 1. The molecule has 3 aromatic heterocycles. The molecule has 3 rings (SSSR count). The molecule has 3 aromatic rings. The van der Waals surface area contributed by atoms with E-state index in [1.807, 2.05) is 0 Å². The largest absolute Gasteiger partial charge is 0.480 e. The summed E-state index contributed by atoms with van der Waals surface area (Å²) in [4.78, 5) is 27.4. The Labute approximate surface area is 156 Å². The smallest absolute Gasteiger partial charge is 0.420 e. The van der Waals surface area contributed by atoms with Crippen LogP contribution in [0.4, 0.5) is 13.2 Å². The second-order valence-electron chi connectivity index (χ2n) is 6.54. The van der Waals surface area contributed by atoms with Crippen molar-refractivity contribution < 1.29 is 32.3 Å². The Morgan fingerprint density at radius 3 is 2.50 bits per heavy atom. The summed E-state index contributed by atoms with van der Waals surface area (Å²) in [6.45, 7) is 3.20. The molecule has 0 aliphatic heterocycles. The second kappa shape index (κ2) is 7.02. The van der Waals surface area contributed by atoms with E-state index >= 15 is 0 Å². The van der Waals surface area contributed by atoms with Gasteiger partial charge in [0.25, 0.3) is 5.91 Å². The maximum Gasteiger partial charge on any atom is 0.420 e. The summed E-state index contributed by atoms with van der Waals surface area (Å²) < 4.78 is 46.6. The summed E-state index contributed by atoms with van der Waals surface area (Å²) in [5, 5.41) is 11.5. The quantitative estimate of drug-likeness (QED) is 0.690. The van der Waals surface area contributed by atoms with E-state index in [2.05, 4.69) is 10.3 Å². The van der Waals surface area contributed by atoms with E-state index in [0.29, 0.717) is 5.56 Å². The van der Waals surface area contributed by atoms with Crippen LogP contribution in [0.15, 0.2) is 41.5 Å². The molecule has 3 heterocycles. The first-order valence-electron chi connectivity index (χ1n) is 8.24. The fourth-order valence-electron chi connectivity index (χ4n) is 2.73. The fraction of sp³-hybridized carbons (Fsp3) is 0.278. The lowest BCUT2D eigenvalue weighted by molar-refractivity contribution is -0.140. The Bertz CT molecular complexity index is 1020. The molecule has 0 aliphatic carbocycles. The van der Waals surface area contributed by atoms with Gasteiger partial charge in [-0.2, -0.15) is 13.2 Å². The van der Waals surface area contributed by atoms with Crippen molar-refractivity contribution in [2.45, 2.75) is 26.1 Å². The number of hydrogen-bond acceptors (Lipinski definition) is 4. The third kappa shape index (κ3) is 3.71. The van der Waals surface area contributed by atoms with Gasteiger partial charge in [-0.1, -0.05) is 13.8 Å². The van der Waals surface area contributed by atoms with Gasteiger partial charge in [0.15, 0.2) is 0 Å². The van der Waals surface area contributed by atoms with Gasteiger partial charge in [-0.05, 0) is 18.1 Å². The minimum absolute atomic E-state index is 0.225. The number of fused-ring (bicyclic) bond motifs is 1. The molecule has 28 heavy (non-hydrogen) atoms. The standard InChI is InChI=1S/C18H16F3N3O4/c1-9(2)14(17(26)27)23-16(25)13-7-24-6-11(10-3-4-28-8-10)5-12(15(24)22-13)18(19,20)21/h3-9,14H,1-2H3,(H,23,25)(H,26,27). The number of furan rings is 1. The third-order valence-electron chi connectivity index (χ3n) is 4.16. The van der Waals surface area contributed by atoms with Gasteiger partial charge in [0, 0.05) is 23.5 Å². The number of hydrogen-bond donors (Lipinski definition) is 2. The van der Waals surface area contributed by atoms with Gasteiger partial charge >= 0.3 is 12.1 Å². The average molecular weight is 395 g/mol. The van der Waals surface area contributed by atoms with E-state index in [4.69, 9.17) is 4.42 Å². The highest BCUT2D eigenvalue weighted by atomic mass is 19.4. The Kier molecular flexibility index (Phi) is 4.88. The Morgan fingerprint density at radius 1 is 1.25 bits per heavy atom. The van der Waals surface area contributed by atoms with Crippen LogP contribution in [0, 0.1) is 5.92 Å². The van der Waals surface area contributed by atoms with Crippen LogP contribution in [-0.2, 0) is 11.0 Å². The van der Waals surface area contributed by atoms with Crippen LogP contribution in [0.1, 0.15) is 29.9 Å². The summed E-state index contributed by atoms with van der Waals surface area (Å²) >= 11 is 0. The van der Waals surface area contributed by atoms with E-state index in [1.54, 1.807) is 13.8 Å². The van der Waals surface area contributed by atoms with Crippen molar-refractivity contribution in [3.05, 3.63) is 48.3 Å². The van der Waals surface area contributed by atoms with Crippen LogP contribution >= 0.6 is 0 Å². The van der Waals surface area contributed by atoms with Gasteiger partial charge < -0.3 is 19.2 Å². The van der Waals surface area contributed by atoms with Gasteiger partial charge in [-0.25, -0.2) is 9.78 Å². The van der Waals surface area contributed by atoms with Gasteiger partial charge in [0.05, 0.1) is 18.1 Å². The Hall–Kier alpha value is -3.30. The predicted molar refractivity (Wildman–Crippen MR) is 91.6 cm³/mol. The van der Waals surface area contributed by atoms with Gasteiger partial charge in [-0.3, -0.25) is 4.79 Å². The lowest BCUT2D eigenvalue weighted by Crippen LogP contribution is -2.44. The number of carboxylic acid groups (broad SMARTS) is 1. The highest BCUT2D eigenvalue weighted by Gasteiger charge is 2.35. The van der Waals surface area contributed by atoms with E-state index in [-0.39, 0.29) is 11.3 Å². The van der Waals surface area contributed by atoms with Crippen LogP contribution in [-0.4, -0.2) is 32.4 Å². The van der Waals surface area contributed by atoms with Crippen molar-refractivity contribution in [1.29, 1.82) is 0 Å². The van der Waals surface area contributed by atoms with Crippen molar-refractivity contribution in [2.24, 2.45) is 5.92 Å². The molecule has 10 heteroatoms. The Balaban J connectivity index is 2.07. The molecule has 0 saturated carbocycles. The zero-order chi connectivity index (χ0) is 20.6. The van der Waals surface area contributed by atoms with Gasteiger partial charge in [0.1, 0.15) is 17.4 Å². The van der Waals surface area contributed by atoms with Crippen molar-refractivity contribution in [2.75, 3.05) is 0 Å². The number of carbonyl (C=O) groups is 2. The molecule has 0 spiro atoms. The van der Waals surface area contributed by atoms with Crippen LogP contribution in [0.3, 0.4) is 0 Å². The molecule has 0 fully saturated rings. The summed E-state index contributed by atoms with van der Waals surface area (Å²) in [6, 6.07) is 1.23. The van der Waals surface area contributed by atoms with Crippen LogP contribution in [0.5, 0.6) is 0 Å². The van der Waals surface area contributed by atoms with Crippen molar-refractivity contribution in [3.63, 3.8) is 0 Å². The molecule has 0 radical (unpaired) electrons. The maximum atomic E-state index is 13.5. The molecule has 0 aromatic carbocycles. The number of amides is 1. The monoisotopic (exact) mass is 395 g/mol. The van der Waals surface area contributed by atoms with Crippen molar-refractivity contribution in [3.8, 4) is 11.1 Å². The molecule has 148 valence electrons. The molecule has 0 bridgehead atoms. The number of nitrogens with one attached hydrogen (secondary N) is 1. The topological polar surface area (TPSA) is 96.8 Å².